The number of azide groups is 1. The number of ether oxygens (including phenoxy) is 2. The van der Waals surface area contributed by atoms with Crippen LogP contribution < -0.4 is 0 Å². The summed E-state index contributed by atoms with van der Waals surface area (Å²) in [5.41, 5.74) is 2.15. The van der Waals surface area contributed by atoms with Gasteiger partial charge >= 0.3 is 0 Å². The molecule has 0 amide bonds. The second-order valence-corrected chi connectivity index (χ2v) is 6.22. The zero-order valence-corrected chi connectivity index (χ0v) is 13.2. The third-order valence-corrected chi connectivity index (χ3v) is 4.82. The highest BCUT2D eigenvalue weighted by atomic mass is 16.7. The van der Waals surface area contributed by atoms with Crippen molar-refractivity contribution in [1.82, 2.24) is 0 Å². The van der Waals surface area contributed by atoms with Gasteiger partial charge in [-0.1, -0.05) is 5.11 Å². The molecule has 0 bridgehead atoms. The van der Waals surface area contributed by atoms with Crippen LogP contribution in [0.1, 0.15) is 0 Å². The van der Waals surface area contributed by atoms with Crippen molar-refractivity contribution < 1.29 is 55.4 Å². The molecular formula is C12H21N3O11. The van der Waals surface area contributed by atoms with E-state index in [1.165, 1.54) is 0 Å². The van der Waals surface area contributed by atoms with Crippen molar-refractivity contribution in [2.24, 2.45) is 5.11 Å². The van der Waals surface area contributed by atoms with Gasteiger partial charge in [0.2, 0.25) is 0 Å². The minimum atomic E-state index is -3.19. The van der Waals surface area contributed by atoms with Crippen molar-refractivity contribution in [3.8, 4) is 0 Å². The molecule has 9 N–H and O–H groups in total. The maximum atomic E-state index is 10.7. The Labute approximate surface area is 145 Å². The fraction of sp³-hybridized carbons (Fsp3) is 1.00. The van der Waals surface area contributed by atoms with E-state index >= 15 is 0 Å². The lowest BCUT2D eigenvalue weighted by Crippen LogP contribution is -2.82. The number of rotatable bonds is 4. The standard InChI is InChI=1S/C12H21N3O11/c13-15-14-9(21)6-5(18)8(20)12(24,10(22)26-6)11(23)2-25-3(1-16)4(17)7(11)19/h3-10,16-24H,1-2H2/t3-,4-,5-,6+,7+,8+,9?,10+,11-,12-/m1/s1. The first-order valence-electron chi connectivity index (χ1n) is 7.51. The van der Waals surface area contributed by atoms with Gasteiger partial charge in [-0.2, -0.15) is 0 Å². The minimum Gasteiger partial charge on any atom is -0.394 e. The maximum absolute atomic E-state index is 10.7. The molecule has 14 heteroatoms. The van der Waals surface area contributed by atoms with Crippen LogP contribution in [-0.2, 0) is 9.47 Å². The van der Waals surface area contributed by atoms with Gasteiger partial charge in [0.25, 0.3) is 0 Å². The fourth-order valence-corrected chi connectivity index (χ4v) is 3.17. The lowest BCUT2D eigenvalue weighted by molar-refractivity contribution is -0.403. The normalized spacial score (nSPS) is 50.7. The van der Waals surface area contributed by atoms with Crippen LogP contribution in [0.15, 0.2) is 5.11 Å². The number of hydrogen-bond acceptors (Lipinski definition) is 12. The monoisotopic (exact) mass is 383 g/mol. The third-order valence-electron chi connectivity index (χ3n) is 4.82. The van der Waals surface area contributed by atoms with Gasteiger partial charge in [0.05, 0.1) is 13.2 Å². The quantitative estimate of drug-likeness (QED) is 0.126. The van der Waals surface area contributed by atoms with E-state index in [-0.39, 0.29) is 0 Å². The van der Waals surface area contributed by atoms with Crippen LogP contribution in [0.2, 0.25) is 0 Å². The molecule has 2 heterocycles. The Morgan fingerprint density at radius 1 is 1.12 bits per heavy atom. The van der Waals surface area contributed by atoms with E-state index in [9.17, 15) is 40.9 Å². The fourth-order valence-electron chi connectivity index (χ4n) is 3.17. The molecule has 0 spiro atoms. The van der Waals surface area contributed by atoms with E-state index in [4.69, 9.17) is 20.1 Å². The van der Waals surface area contributed by atoms with E-state index < -0.39 is 73.6 Å². The summed E-state index contributed by atoms with van der Waals surface area (Å²) in [6.45, 7) is -1.71. The molecule has 2 aliphatic rings. The van der Waals surface area contributed by atoms with E-state index in [0.717, 1.165) is 0 Å². The molecule has 10 atom stereocenters. The lowest BCUT2D eigenvalue weighted by atomic mass is 9.68. The molecular weight excluding hydrogens is 362 g/mol. The molecule has 2 aliphatic heterocycles. The minimum absolute atomic E-state index is 0.739. The summed E-state index contributed by atoms with van der Waals surface area (Å²) < 4.78 is 9.72. The summed E-state index contributed by atoms with van der Waals surface area (Å²) in [5.74, 6) is 0. The Balaban J connectivity index is 2.37. The van der Waals surface area contributed by atoms with Crippen LogP contribution in [0.5, 0.6) is 0 Å². The molecule has 2 saturated heterocycles. The highest BCUT2D eigenvalue weighted by molar-refractivity contribution is 5.17. The van der Waals surface area contributed by atoms with E-state index in [0.29, 0.717) is 0 Å². The Hall–Kier alpha value is -1.13. The SMILES string of the molecule is [N-]=[N+]=NC(O)[C@H]1O[C@H](O)[C@@](O)([C@@]2(O)CO[C@H](CO)[C@@H](O)[C@@H]2O)[C@@H](O)[C@@H]1O. The van der Waals surface area contributed by atoms with Crippen LogP contribution >= 0.6 is 0 Å². The Kier molecular flexibility index (Phi) is 6.09. The van der Waals surface area contributed by atoms with Crippen molar-refractivity contribution in [2.75, 3.05) is 13.2 Å². The van der Waals surface area contributed by atoms with E-state index in [1.807, 2.05) is 0 Å². The van der Waals surface area contributed by atoms with Gasteiger partial charge in [-0.15, -0.1) is 0 Å². The Morgan fingerprint density at radius 2 is 1.73 bits per heavy atom. The summed E-state index contributed by atoms with van der Waals surface area (Å²) in [6.07, 6.45) is -16.6. The number of hydrogen-bond donors (Lipinski definition) is 9. The van der Waals surface area contributed by atoms with Crippen molar-refractivity contribution in [2.45, 2.75) is 60.3 Å². The van der Waals surface area contributed by atoms with Crippen molar-refractivity contribution in [3.63, 3.8) is 0 Å². The first kappa shape index (κ1) is 21.2. The molecule has 0 saturated carbocycles. The van der Waals surface area contributed by atoms with E-state index in [2.05, 4.69) is 10.0 Å². The topological polar surface area (TPSA) is 249 Å². The summed E-state index contributed by atoms with van der Waals surface area (Å²) in [7, 11) is 0. The molecule has 0 aromatic rings. The average Bonchev–Trinajstić information content (AvgIpc) is 2.61. The van der Waals surface area contributed by atoms with Crippen molar-refractivity contribution in [3.05, 3.63) is 10.4 Å². The summed E-state index contributed by atoms with van der Waals surface area (Å²) in [4.78, 5) is 2.27. The average molecular weight is 383 g/mol. The molecule has 14 nitrogen and oxygen atoms in total. The third kappa shape index (κ3) is 2.95. The van der Waals surface area contributed by atoms with E-state index in [1.54, 1.807) is 0 Å². The molecule has 2 rings (SSSR count). The van der Waals surface area contributed by atoms with Crippen LogP contribution in [0.25, 0.3) is 10.4 Å². The lowest BCUT2D eigenvalue weighted by Gasteiger charge is -2.57. The second kappa shape index (κ2) is 7.47. The van der Waals surface area contributed by atoms with Crippen molar-refractivity contribution in [1.29, 1.82) is 0 Å². The molecule has 2 fully saturated rings. The number of aliphatic hydroxyl groups excluding tert-OH is 7. The van der Waals surface area contributed by atoms with Crippen LogP contribution in [0.4, 0.5) is 0 Å². The summed E-state index contributed by atoms with van der Waals surface area (Å²) in [6, 6.07) is 0. The highest BCUT2D eigenvalue weighted by Gasteiger charge is 2.70. The van der Waals surface area contributed by atoms with Gasteiger partial charge in [0, 0.05) is 4.91 Å². The maximum Gasteiger partial charge on any atom is 0.190 e. The van der Waals surface area contributed by atoms with Gasteiger partial charge in [0.1, 0.15) is 36.6 Å². The Morgan fingerprint density at radius 3 is 2.27 bits per heavy atom. The summed E-state index contributed by atoms with van der Waals surface area (Å²) >= 11 is 0. The number of aliphatic hydroxyl groups is 9. The van der Waals surface area contributed by atoms with Gasteiger partial charge in [-0.3, -0.25) is 0 Å². The van der Waals surface area contributed by atoms with Crippen molar-refractivity contribution >= 4 is 0 Å². The highest BCUT2D eigenvalue weighted by Crippen LogP contribution is 2.43. The number of nitrogens with zero attached hydrogens (tertiary/aromatic N) is 3. The molecule has 0 aliphatic carbocycles. The largest absolute Gasteiger partial charge is 0.394 e. The van der Waals surface area contributed by atoms with Crippen LogP contribution in [0.3, 0.4) is 0 Å². The second-order valence-electron chi connectivity index (χ2n) is 6.22. The smallest absolute Gasteiger partial charge is 0.190 e. The first-order chi connectivity index (χ1) is 12.1. The van der Waals surface area contributed by atoms with Gasteiger partial charge in [0.15, 0.2) is 23.7 Å². The van der Waals surface area contributed by atoms with Gasteiger partial charge in [-0.25, -0.2) is 0 Å². The predicted molar refractivity (Wildman–Crippen MR) is 76.8 cm³/mol. The van der Waals surface area contributed by atoms with Gasteiger partial charge < -0.3 is 55.4 Å². The zero-order valence-electron chi connectivity index (χ0n) is 13.2. The zero-order chi connectivity index (χ0) is 19.9. The molecule has 0 aromatic heterocycles. The van der Waals surface area contributed by atoms with Crippen LogP contribution in [-0.4, -0.2) is 120 Å². The van der Waals surface area contributed by atoms with Crippen LogP contribution in [0, 0.1) is 0 Å². The molecule has 1 unspecified atom stereocenters. The molecule has 26 heavy (non-hydrogen) atoms. The summed E-state index contributed by atoms with van der Waals surface area (Å²) in [5, 5.41) is 93.3. The van der Waals surface area contributed by atoms with Gasteiger partial charge in [-0.05, 0) is 5.53 Å². The molecule has 150 valence electrons. The Bertz CT molecular complexity index is 563. The molecule has 0 aromatic carbocycles. The first-order valence-corrected chi connectivity index (χ1v) is 7.51. The molecule has 0 radical (unpaired) electrons. The predicted octanol–water partition coefficient (Wildman–Crippen LogP) is -5.37.